The van der Waals surface area contributed by atoms with Crippen LogP contribution in [0.5, 0.6) is 0 Å². The summed E-state index contributed by atoms with van der Waals surface area (Å²) < 4.78 is 14.8. The number of thiophene rings is 1. The molecule has 0 saturated heterocycles. The van der Waals surface area contributed by atoms with E-state index in [0.717, 1.165) is 57.1 Å². The summed E-state index contributed by atoms with van der Waals surface area (Å²) in [6, 6.07) is 5.91. The van der Waals surface area contributed by atoms with Crippen molar-refractivity contribution in [2.45, 2.75) is 46.1 Å². The van der Waals surface area contributed by atoms with Gasteiger partial charge in [0.1, 0.15) is 17.0 Å². The van der Waals surface area contributed by atoms with Crippen molar-refractivity contribution in [1.82, 2.24) is 19.7 Å². The number of aliphatic hydroxyl groups is 1. The molecule has 1 unspecified atom stereocenters. The third kappa shape index (κ3) is 6.13. The number of aliphatic hydroxyl groups excluding tert-OH is 1. The molecule has 3 aromatic heterocycles. The van der Waals surface area contributed by atoms with Gasteiger partial charge in [0.15, 0.2) is 0 Å². The Kier molecular flexibility index (Phi) is 8.66. The predicted molar refractivity (Wildman–Crippen MR) is 162 cm³/mol. The zero-order valence-electron chi connectivity index (χ0n) is 22.7. The Hall–Kier alpha value is -3.89. The van der Waals surface area contributed by atoms with Gasteiger partial charge < -0.3 is 21.1 Å². The second kappa shape index (κ2) is 12.5. The number of fused-ring (bicyclic) bond motifs is 5. The molecular weight excluding hydrogens is 525 g/mol. The largest absolute Gasteiger partial charge is 0.396 e. The molecule has 5 rings (SSSR count). The quantitative estimate of drug-likeness (QED) is 0.114. The fourth-order valence-electron chi connectivity index (χ4n) is 4.91. The minimum Gasteiger partial charge on any atom is -0.396 e. The highest BCUT2D eigenvalue weighted by Crippen LogP contribution is 2.45. The van der Waals surface area contributed by atoms with Crippen molar-refractivity contribution < 1.29 is 9.50 Å². The van der Waals surface area contributed by atoms with Gasteiger partial charge in [-0.15, -0.1) is 11.3 Å². The molecule has 40 heavy (non-hydrogen) atoms. The van der Waals surface area contributed by atoms with Gasteiger partial charge in [0, 0.05) is 59.5 Å². The molecule has 0 bridgehead atoms. The fourth-order valence-corrected chi connectivity index (χ4v) is 6.13. The Bertz CT molecular complexity index is 1570. The first-order valence-corrected chi connectivity index (χ1v) is 14.4. The zero-order valence-corrected chi connectivity index (χ0v) is 23.6. The lowest BCUT2D eigenvalue weighted by Crippen LogP contribution is -2.10. The molecule has 1 atom stereocenters. The normalized spacial score (nSPS) is 13.8. The molecule has 0 spiro atoms. The van der Waals surface area contributed by atoms with Gasteiger partial charge >= 0.3 is 0 Å². The van der Waals surface area contributed by atoms with Gasteiger partial charge in [-0.1, -0.05) is 19.1 Å². The van der Waals surface area contributed by atoms with E-state index in [1.165, 1.54) is 23.6 Å². The first kappa shape index (κ1) is 27.7. The van der Waals surface area contributed by atoms with E-state index in [2.05, 4.69) is 39.8 Å². The molecule has 4 aromatic rings. The summed E-state index contributed by atoms with van der Waals surface area (Å²) in [5, 5.41) is 29.8. The van der Waals surface area contributed by atoms with Crippen molar-refractivity contribution in [3.63, 3.8) is 0 Å². The second-order valence-electron chi connectivity index (χ2n) is 10.0. The Labute approximate surface area is 237 Å². The molecule has 1 aliphatic carbocycles. The number of hydrogen-bond acceptors (Lipinski definition) is 8. The Morgan fingerprint density at radius 1 is 1.30 bits per heavy atom. The number of nitrogens with one attached hydrogen (secondary N) is 3. The summed E-state index contributed by atoms with van der Waals surface area (Å²) in [6.07, 6.45) is 13.6. The summed E-state index contributed by atoms with van der Waals surface area (Å²) in [7, 11) is 0. The van der Waals surface area contributed by atoms with Crippen LogP contribution in [0.4, 0.5) is 21.6 Å². The highest BCUT2D eigenvalue weighted by Gasteiger charge is 2.26. The summed E-state index contributed by atoms with van der Waals surface area (Å²) in [6.45, 7) is 5.10. The van der Waals surface area contributed by atoms with Crippen LogP contribution in [0.3, 0.4) is 0 Å². The van der Waals surface area contributed by atoms with Crippen molar-refractivity contribution >= 4 is 45.0 Å². The Morgan fingerprint density at radius 3 is 2.98 bits per heavy atom. The molecule has 8 nitrogen and oxygen atoms in total. The topological polar surface area (TPSA) is 112 Å². The van der Waals surface area contributed by atoms with E-state index in [1.807, 2.05) is 29.0 Å². The highest BCUT2D eigenvalue weighted by molar-refractivity contribution is 7.22. The number of benzene rings is 1. The van der Waals surface area contributed by atoms with Crippen LogP contribution < -0.4 is 10.6 Å². The standard InChI is InChI=1S/C30H34FN7OS/c1-19(6-3-4-7-20(2)31)16-33-25-10-8-22(14-21(25)15-32)36-29-27-23-9-11-26-24(17-38(37-26)12-5-13-39)28(23)40-30(27)35-18-34-29/h3,6-8,10,14-15,17-19,32-33,39H,4-5,9,11-13,16H2,1-2H3,(H,34,35,36)/b6-3-,20-7+,32-15?. The fraction of sp³-hybridized carbons (Fsp3) is 0.333. The van der Waals surface area contributed by atoms with Gasteiger partial charge in [0.25, 0.3) is 0 Å². The first-order chi connectivity index (χ1) is 19.5. The van der Waals surface area contributed by atoms with Gasteiger partial charge in [0.2, 0.25) is 0 Å². The van der Waals surface area contributed by atoms with Gasteiger partial charge in [-0.05, 0) is 68.4 Å². The van der Waals surface area contributed by atoms with Crippen molar-refractivity contribution in [3.05, 3.63) is 71.6 Å². The van der Waals surface area contributed by atoms with Crippen molar-refractivity contribution in [2.75, 3.05) is 23.8 Å². The molecule has 0 aliphatic heterocycles. The molecule has 0 saturated carbocycles. The first-order valence-electron chi connectivity index (χ1n) is 13.5. The highest BCUT2D eigenvalue weighted by atomic mass is 32.1. The maximum Gasteiger partial charge on any atom is 0.142 e. The number of allylic oxidation sites excluding steroid dienone is 3. The van der Waals surface area contributed by atoms with Gasteiger partial charge in [0.05, 0.1) is 16.9 Å². The Morgan fingerprint density at radius 2 is 2.17 bits per heavy atom. The lowest BCUT2D eigenvalue weighted by Gasteiger charge is -2.15. The summed E-state index contributed by atoms with van der Waals surface area (Å²) in [4.78, 5) is 11.3. The van der Waals surface area contributed by atoms with E-state index < -0.39 is 0 Å². The van der Waals surface area contributed by atoms with Crippen molar-refractivity contribution in [2.24, 2.45) is 5.92 Å². The maximum absolute atomic E-state index is 12.8. The lowest BCUT2D eigenvalue weighted by atomic mass is 9.95. The van der Waals surface area contributed by atoms with Crippen molar-refractivity contribution in [1.29, 1.82) is 5.41 Å². The molecule has 0 fully saturated rings. The number of nitrogens with zero attached hydrogens (tertiary/aromatic N) is 4. The average Bonchev–Trinajstić information content (AvgIpc) is 3.55. The third-order valence-corrected chi connectivity index (χ3v) is 8.08. The smallest absolute Gasteiger partial charge is 0.142 e. The molecule has 3 heterocycles. The third-order valence-electron chi connectivity index (χ3n) is 6.91. The average molecular weight is 560 g/mol. The molecule has 1 aliphatic rings. The van der Waals surface area contributed by atoms with Crippen LogP contribution in [-0.2, 0) is 19.4 Å². The van der Waals surface area contributed by atoms with Gasteiger partial charge in [-0.25, -0.2) is 14.4 Å². The van der Waals surface area contributed by atoms with Crippen LogP contribution in [-0.4, -0.2) is 44.2 Å². The minimum atomic E-state index is -0.169. The number of hydrogen-bond donors (Lipinski definition) is 4. The summed E-state index contributed by atoms with van der Waals surface area (Å²) in [5.41, 5.74) is 5.98. The van der Waals surface area contributed by atoms with Crippen LogP contribution in [0.2, 0.25) is 0 Å². The van der Waals surface area contributed by atoms with Crippen LogP contribution in [0.15, 0.2) is 54.8 Å². The van der Waals surface area contributed by atoms with Crippen LogP contribution >= 0.6 is 11.3 Å². The maximum atomic E-state index is 12.8. The SMILES string of the molecule is C/C(F)=C\C/C=C\C(C)CNc1ccc(Nc2ncnc3sc4c(c23)CCc2nn(CCCO)cc2-4)cc1C=N. The number of aromatic nitrogens is 4. The van der Waals surface area contributed by atoms with E-state index in [1.54, 1.807) is 23.7 Å². The van der Waals surface area contributed by atoms with Crippen LogP contribution in [0.25, 0.3) is 20.7 Å². The van der Waals surface area contributed by atoms with E-state index in [-0.39, 0.29) is 18.4 Å². The molecule has 1 aromatic carbocycles. The number of anilines is 3. The molecule has 10 heteroatoms. The predicted octanol–water partition coefficient (Wildman–Crippen LogP) is 6.64. The van der Waals surface area contributed by atoms with Gasteiger partial charge in [-0.3, -0.25) is 4.68 Å². The monoisotopic (exact) mass is 559 g/mol. The number of halogens is 1. The van der Waals surface area contributed by atoms with Crippen molar-refractivity contribution in [3.8, 4) is 10.4 Å². The Balaban J connectivity index is 1.34. The van der Waals surface area contributed by atoms with Gasteiger partial charge in [-0.2, -0.15) is 5.10 Å². The number of aryl methyl sites for hydroxylation is 3. The van der Waals surface area contributed by atoms with E-state index >= 15 is 0 Å². The summed E-state index contributed by atoms with van der Waals surface area (Å²) in [5.74, 6) is 0.843. The van der Waals surface area contributed by atoms with Crippen LogP contribution in [0, 0.1) is 11.3 Å². The zero-order chi connectivity index (χ0) is 28.1. The summed E-state index contributed by atoms with van der Waals surface area (Å²) >= 11 is 1.66. The molecule has 4 N–H and O–H groups in total. The number of rotatable bonds is 12. The molecule has 0 radical (unpaired) electrons. The minimum absolute atomic E-state index is 0.150. The second-order valence-corrected chi connectivity index (χ2v) is 11.0. The molecule has 208 valence electrons. The van der Waals surface area contributed by atoms with E-state index in [0.29, 0.717) is 25.9 Å². The molecule has 0 amide bonds. The van der Waals surface area contributed by atoms with Crippen LogP contribution in [0.1, 0.15) is 43.5 Å². The molecular formula is C30H34FN7OS. The van der Waals surface area contributed by atoms with E-state index in [4.69, 9.17) is 10.5 Å². The van der Waals surface area contributed by atoms with E-state index in [9.17, 15) is 9.50 Å². The lowest BCUT2D eigenvalue weighted by molar-refractivity contribution is 0.277.